The summed E-state index contributed by atoms with van der Waals surface area (Å²) in [5.41, 5.74) is -0.635. The molecule has 1 fully saturated rings. The van der Waals surface area contributed by atoms with Gasteiger partial charge in [-0.25, -0.2) is 0 Å². The van der Waals surface area contributed by atoms with Gasteiger partial charge in [-0.1, -0.05) is 24.6 Å². The highest BCUT2D eigenvalue weighted by molar-refractivity contribution is 5.88. The average Bonchev–Trinajstić information content (AvgIpc) is 2.42. The van der Waals surface area contributed by atoms with Gasteiger partial charge in [0.1, 0.15) is 5.41 Å². The molecule has 1 saturated carbocycles. The van der Waals surface area contributed by atoms with Gasteiger partial charge in [-0.15, -0.1) is 0 Å². The van der Waals surface area contributed by atoms with Gasteiger partial charge in [0.15, 0.2) is 5.78 Å². The summed E-state index contributed by atoms with van der Waals surface area (Å²) in [4.78, 5) is 22.6. The van der Waals surface area contributed by atoms with Crippen LogP contribution in [0.25, 0.3) is 0 Å². The summed E-state index contributed by atoms with van der Waals surface area (Å²) in [5.74, 6) is -0.0839. The third kappa shape index (κ3) is 2.48. The lowest BCUT2D eigenvalue weighted by atomic mass is 9.70. The summed E-state index contributed by atoms with van der Waals surface area (Å²) in [5, 5.41) is 20.3. The first-order valence-electron chi connectivity index (χ1n) is 6.26. The number of Topliss-reactive ketones (excluding diaryl/α,β-unsaturated/α-hetero) is 1. The van der Waals surface area contributed by atoms with E-state index in [1.54, 1.807) is 18.2 Å². The highest BCUT2D eigenvalue weighted by Gasteiger charge is 2.41. The van der Waals surface area contributed by atoms with E-state index in [1.807, 2.05) is 0 Å². The predicted molar refractivity (Wildman–Crippen MR) is 68.3 cm³/mol. The fourth-order valence-corrected chi connectivity index (χ4v) is 2.60. The van der Waals surface area contributed by atoms with Gasteiger partial charge in [-0.05, 0) is 12.8 Å². The number of rotatable bonds is 3. The van der Waals surface area contributed by atoms with Gasteiger partial charge in [-0.3, -0.25) is 14.9 Å². The van der Waals surface area contributed by atoms with Crippen LogP contribution in [0, 0.1) is 26.9 Å². The van der Waals surface area contributed by atoms with Gasteiger partial charge in [0.25, 0.3) is 5.69 Å². The Bertz CT molecular complexity index is 562. The molecule has 0 amide bonds. The van der Waals surface area contributed by atoms with Crippen LogP contribution in [-0.2, 0) is 11.2 Å². The predicted octanol–water partition coefficient (Wildman–Crippen LogP) is 2.79. The fraction of sp³-hybridized carbons (Fsp3) is 0.429. The molecule has 0 N–H and O–H groups in total. The van der Waals surface area contributed by atoms with Crippen molar-refractivity contribution in [3.63, 3.8) is 0 Å². The SMILES string of the molecule is N#CC1(Cc2ccccc2[N+](=O)[O-])CCCCC1=O. The molecule has 5 nitrogen and oxygen atoms in total. The van der Waals surface area contributed by atoms with E-state index in [2.05, 4.69) is 6.07 Å². The fourth-order valence-electron chi connectivity index (χ4n) is 2.60. The first-order valence-corrected chi connectivity index (χ1v) is 6.26. The van der Waals surface area contributed by atoms with Gasteiger partial charge in [0, 0.05) is 24.5 Å². The highest BCUT2D eigenvalue weighted by Crippen LogP contribution is 2.37. The van der Waals surface area contributed by atoms with Crippen LogP contribution >= 0.6 is 0 Å². The Balaban J connectivity index is 2.36. The lowest BCUT2D eigenvalue weighted by Gasteiger charge is -2.28. The van der Waals surface area contributed by atoms with Crippen LogP contribution in [0.3, 0.4) is 0 Å². The Kier molecular flexibility index (Phi) is 3.61. The second-order valence-electron chi connectivity index (χ2n) is 4.89. The number of benzene rings is 1. The van der Waals surface area contributed by atoms with Gasteiger partial charge >= 0.3 is 0 Å². The van der Waals surface area contributed by atoms with Gasteiger partial charge in [-0.2, -0.15) is 5.26 Å². The molecule has 5 heteroatoms. The number of ketones is 1. The molecule has 0 aromatic heterocycles. The van der Waals surface area contributed by atoms with E-state index in [0.29, 0.717) is 18.4 Å². The van der Waals surface area contributed by atoms with Gasteiger partial charge < -0.3 is 0 Å². The summed E-state index contributed by atoms with van der Waals surface area (Å²) in [6.45, 7) is 0. The van der Waals surface area contributed by atoms with Crippen molar-refractivity contribution in [2.75, 3.05) is 0 Å². The summed E-state index contributed by atoms with van der Waals surface area (Å²) in [6, 6.07) is 8.43. The topological polar surface area (TPSA) is 84.0 Å². The number of nitrogens with zero attached hydrogens (tertiary/aromatic N) is 2. The average molecular weight is 258 g/mol. The second-order valence-corrected chi connectivity index (χ2v) is 4.89. The maximum atomic E-state index is 12.0. The molecular formula is C14H14N2O3. The zero-order valence-electron chi connectivity index (χ0n) is 10.5. The minimum absolute atomic E-state index is 0.0181. The lowest BCUT2D eigenvalue weighted by Crippen LogP contribution is -2.35. The van der Waals surface area contributed by atoms with Crippen molar-refractivity contribution in [2.45, 2.75) is 32.1 Å². The van der Waals surface area contributed by atoms with E-state index in [9.17, 15) is 20.2 Å². The molecule has 0 heterocycles. The number of para-hydroxylation sites is 1. The monoisotopic (exact) mass is 258 g/mol. The van der Waals surface area contributed by atoms with E-state index in [4.69, 9.17) is 0 Å². The van der Waals surface area contributed by atoms with Crippen molar-refractivity contribution >= 4 is 11.5 Å². The second kappa shape index (κ2) is 5.19. The number of nitro groups is 1. The molecule has 0 aliphatic heterocycles. The van der Waals surface area contributed by atoms with E-state index < -0.39 is 10.3 Å². The Hall–Kier alpha value is -2.22. The first kappa shape index (κ1) is 13.2. The van der Waals surface area contributed by atoms with Crippen molar-refractivity contribution in [1.29, 1.82) is 5.26 Å². The van der Waals surface area contributed by atoms with E-state index in [1.165, 1.54) is 6.07 Å². The largest absolute Gasteiger partial charge is 0.298 e. The van der Waals surface area contributed by atoms with Crippen molar-refractivity contribution in [1.82, 2.24) is 0 Å². The van der Waals surface area contributed by atoms with Crippen LogP contribution in [0.1, 0.15) is 31.2 Å². The molecule has 1 aliphatic carbocycles. The van der Waals surface area contributed by atoms with Crippen LogP contribution in [0.4, 0.5) is 5.69 Å². The quantitative estimate of drug-likeness (QED) is 0.616. The highest BCUT2D eigenvalue weighted by atomic mass is 16.6. The summed E-state index contributed by atoms with van der Waals surface area (Å²) < 4.78 is 0. The van der Waals surface area contributed by atoms with Crippen molar-refractivity contribution < 1.29 is 9.72 Å². The number of nitro benzene ring substituents is 1. The number of carbonyl (C=O) groups excluding carboxylic acids is 1. The molecular weight excluding hydrogens is 244 g/mol. The maximum absolute atomic E-state index is 12.0. The zero-order chi connectivity index (χ0) is 13.9. The molecule has 0 radical (unpaired) electrons. The summed E-state index contributed by atoms with van der Waals surface area (Å²) in [7, 11) is 0. The zero-order valence-corrected chi connectivity index (χ0v) is 10.5. The van der Waals surface area contributed by atoms with E-state index in [-0.39, 0.29) is 17.9 Å². The van der Waals surface area contributed by atoms with Crippen LogP contribution in [0.2, 0.25) is 0 Å². The molecule has 98 valence electrons. The van der Waals surface area contributed by atoms with E-state index >= 15 is 0 Å². The van der Waals surface area contributed by atoms with Gasteiger partial charge in [0.05, 0.1) is 11.0 Å². The molecule has 0 bridgehead atoms. The van der Waals surface area contributed by atoms with Crippen molar-refractivity contribution in [3.8, 4) is 6.07 Å². The summed E-state index contributed by atoms with van der Waals surface area (Å²) in [6.07, 6.45) is 2.65. The molecule has 1 atom stereocenters. The molecule has 1 aromatic carbocycles. The molecule has 1 unspecified atom stereocenters. The number of hydrogen-bond acceptors (Lipinski definition) is 4. The number of hydrogen-bond donors (Lipinski definition) is 0. The third-order valence-electron chi connectivity index (χ3n) is 3.69. The normalized spacial score (nSPS) is 22.8. The number of nitriles is 1. The Morgan fingerprint density at radius 2 is 2.11 bits per heavy atom. The molecule has 19 heavy (non-hydrogen) atoms. The van der Waals surface area contributed by atoms with Crippen LogP contribution in [0.15, 0.2) is 24.3 Å². The molecule has 2 rings (SSSR count). The Morgan fingerprint density at radius 1 is 1.37 bits per heavy atom. The number of carbonyl (C=O) groups is 1. The summed E-state index contributed by atoms with van der Waals surface area (Å²) >= 11 is 0. The van der Waals surface area contributed by atoms with E-state index in [0.717, 1.165) is 12.8 Å². The molecule has 0 saturated heterocycles. The minimum atomic E-state index is -1.08. The van der Waals surface area contributed by atoms with Crippen molar-refractivity contribution in [3.05, 3.63) is 39.9 Å². The molecule has 0 spiro atoms. The standard InChI is InChI=1S/C14H14N2O3/c15-10-14(8-4-3-7-13(14)17)9-11-5-1-2-6-12(11)16(18)19/h1-2,5-6H,3-4,7-9H2. The Morgan fingerprint density at radius 3 is 2.74 bits per heavy atom. The maximum Gasteiger partial charge on any atom is 0.272 e. The van der Waals surface area contributed by atoms with Crippen molar-refractivity contribution in [2.24, 2.45) is 5.41 Å². The van der Waals surface area contributed by atoms with Crippen LogP contribution in [-0.4, -0.2) is 10.7 Å². The smallest absolute Gasteiger partial charge is 0.272 e. The Labute approximate surface area is 111 Å². The lowest BCUT2D eigenvalue weighted by molar-refractivity contribution is -0.385. The van der Waals surface area contributed by atoms with Crippen LogP contribution in [0.5, 0.6) is 0 Å². The van der Waals surface area contributed by atoms with Crippen LogP contribution < -0.4 is 0 Å². The van der Waals surface area contributed by atoms with Gasteiger partial charge in [0.2, 0.25) is 0 Å². The first-order chi connectivity index (χ1) is 9.09. The minimum Gasteiger partial charge on any atom is -0.298 e. The molecule has 1 aliphatic rings. The molecule has 1 aromatic rings. The third-order valence-corrected chi connectivity index (χ3v) is 3.69.